The van der Waals surface area contributed by atoms with Crippen molar-refractivity contribution in [2.45, 2.75) is 33.9 Å². The van der Waals surface area contributed by atoms with E-state index in [0.717, 1.165) is 18.9 Å². The Morgan fingerprint density at radius 2 is 2.24 bits per heavy atom. The fourth-order valence-corrected chi connectivity index (χ4v) is 1.53. The molecule has 1 rings (SSSR count). The van der Waals surface area contributed by atoms with E-state index in [2.05, 4.69) is 24.1 Å². The summed E-state index contributed by atoms with van der Waals surface area (Å²) in [5, 5.41) is 3.33. The molecule has 0 aliphatic rings. The van der Waals surface area contributed by atoms with Gasteiger partial charge in [0.25, 0.3) is 0 Å². The second kappa shape index (κ2) is 6.39. The molecule has 1 aromatic rings. The molecule has 1 unspecified atom stereocenters. The molecule has 5 heteroatoms. The Hall–Kier alpha value is -1.36. The quantitative estimate of drug-likeness (QED) is 0.736. The zero-order valence-corrected chi connectivity index (χ0v) is 10.8. The summed E-state index contributed by atoms with van der Waals surface area (Å²) in [6, 6.07) is 0. The van der Waals surface area contributed by atoms with Crippen molar-refractivity contribution in [3.8, 4) is 0 Å². The molecule has 0 aliphatic carbocycles. The third kappa shape index (κ3) is 4.56. The summed E-state index contributed by atoms with van der Waals surface area (Å²) in [7, 11) is 0. The maximum Gasteiger partial charge on any atom is 0.222 e. The molecule has 5 nitrogen and oxygen atoms in total. The van der Waals surface area contributed by atoms with E-state index in [1.807, 2.05) is 17.7 Å². The van der Waals surface area contributed by atoms with E-state index in [1.165, 1.54) is 0 Å². The van der Waals surface area contributed by atoms with E-state index in [-0.39, 0.29) is 11.8 Å². The molecule has 1 heterocycles. The number of amides is 1. The van der Waals surface area contributed by atoms with Crippen molar-refractivity contribution in [3.05, 3.63) is 18.2 Å². The lowest BCUT2D eigenvalue weighted by molar-refractivity contribution is -0.121. The van der Waals surface area contributed by atoms with E-state index in [4.69, 9.17) is 5.73 Å². The molecule has 1 amide bonds. The van der Waals surface area contributed by atoms with Gasteiger partial charge in [0.2, 0.25) is 5.91 Å². The molecular formula is C12H22N4O. The molecule has 0 spiro atoms. The van der Waals surface area contributed by atoms with Crippen LogP contribution in [-0.4, -0.2) is 22.0 Å². The molecule has 0 aliphatic heterocycles. The number of carbonyl (C=O) groups excluding carboxylic acids is 1. The van der Waals surface area contributed by atoms with Crippen LogP contribution in [0.15, 0.2) is 12.4 Å². The number of carbonyl (C=O) groups is 1. The van der Waals surface area contributed by atoms with Crippen molar-refractivity contribution in [2.24, 2.45) is 17.6 Å². The van der Waals surface area contributed by atoms with Crippen molar-refractivity contribution < 1.29 is 4.79 Å². The van der Waals surface area contributed by atoms with Gasteiger partial charge in [0.1, 0.15) is 5.82 Å². The summed E-state index contributed by atoms with van der Waals surface area (Å²) in [5.41, 5.74) is 5.25. The minimum atomic E-state index is -0.278. The lowest BCUT2D eigenvalue weighted by Crippen LogP contribution is -2.27. The van der Waals surface area contributed by atoms with Gasteiger partial charge in [-0.1, -0.05) is 20.8 Å². The summed E-state index contributed by atoms with van der Waals surface area (Å²) >= 11 is 0. The standard InChI is InChI=1S/C12H22N4O/c1-9(2)6-14-7-11-15-4-5-16(11)8-10(3)12(13)17/h4-5,9-10,14H,6-8H2,1-3H3,(H2,13,17). The van der Waals surface area contributed by atoms with Gasteiger partial charge < -0.3 is 15.6 Å². The highest BCUT2D eigenvalue weighted by atomic mass is 16.1. The van der Waals surface area contributed by atoms with Gasteiger partial charge in [-0.15, -0.1) is 0 Å². The van der Waals surface area contributed by atoms with E-state index in [0.29, 0.717) is 12.5 Å². The Labute approximate surface area is 102 Å². The molecule has 0 saturated carbocycles. The maximum absolute atomic E-state index is 11.0. The number of nitrogens with two attached hydrogens (primary N) is 1. The van der Waals surface area contributed by atoms with Gasteiger partial charge in [-0.05, 0) is 12.5 Å². The average molecular weight is 238 g/mol. The van der Waals surface area contributed by atoms with Gasteiger partial charge >= 0.3 is 0 Å². The molecule has 1 aromatic heterocycles. The zero-order chi connectivity index (χ0) is 12.8. The van der Waals surface area contributed by atoms with Crippen molar-refractivity contribution in [2.75, 3.05) is 6.54 Å². The van der Waals surface area contributed by atoms with E-state index < -0.39 is 0 Å². The van der Waals surface area contributed by atoms with Gasteiger partial charge in [-0.3, -0.25) is 4.79 Å². The fourth-order valence-electron chi connectivity index (χ4n) is 1.53. The highest BCUT2D eigenvalue weighted by Gasteiger charge is 2.11. The van der Waals surface area contributed by atoms with Gasteiger partial charge in [-0.2, -0.15) is 0 Å². The SMILES string of the molecule is CC(C)CNCc1nccn1CC(C)C(N)=O. The van der Waals surface area contributed by atoms with Crippen LogP contribution in [0.5, 0.6) is 0 Å². The summed E-state index contributed by atoms with van der Waals surface area (Å²) in [4.78, 5) is 15.3. The number of imidazole rings is 1. The molecule has 1 atom stereocenters. The molecule has 0 radical (unpaired) electrons. The first-order valence-electron chi connectivity index (χ1n) is 6.00. The summed E-state index contributed by atoms with van der Waals surface area (Å²) in [6.07, 6.45) is 3.63. The van der Waals surface area contributed by atoms with Crippen LogP contribution in [0.25, 0.3) is 0 Å². The third-order valence-corrected chi connectivity index (χ3v) is 2.59. The number of aromatic nitrogens is 2. The smallest absolute Gasteiger partial charge is 0.222 e. The van der Waals surface area contributed by atoms with E-state index in [9.17, 15) is 4.79 Å². The van der Waals surface area contributed by atoms with Gasteiger partial charge in [0.05, 0.1) is 12.5 Å². The predicted octanol–water partition coefficient (Wildman–Crippen LogP) is 0.750. The number of rotatable bonds is 7. The van der Waals surface area contributed by atoms with Crippen LogP contribution >= 0.6 is 0 Å². The van der Waals surface area contributed by atoms with Crippen LogP contribution in [0.2, 0.25) is 0 Å². The summed E-state index contributed by atoms with van der Waals surface area (Å²) in [5.74, 6) is 1.11. The number of primary amides is 1. The van der Waals surface area contributed by atoms with E-state index in [1.54, 1.807) is 6.20 Å². The zero-order valence-electron chi connectivity index (χ0n) is 10.8. The summed E-state index contributed by atoms with van der Waals surface area (Å²) < 4.78 is 1.97. The normalized spacial score (nSPS) is 12.9. The minimum Gasteiger partial charge on any atom is -0.369 e. The van der Waals surface area contributed by atoms with Crippen LogP contribution < -0.4 is 11.1 Å². The maximum atomic E-state index is 11.0. The number of nitrogens with zero attached hydrogens (tertiary/aromatic N) is 2. The summed E-state index contributed by atoms with van der Waals surface area (Å²) in [6.45, 7) is 8.42. The molecule has 17 heavy (non-hydrogen) atoms. The van der Waals surface area contributed by atoms with Crippen LogP contribution in [0.3, 0.4) is 0 Å². The first-order chi connectivity index (χ1) is 8.00. The topological polar surface area (TPSA) is 72.9 Å². The molecule has 0 bridgehead atoms. The Bertz CT molecular complexity index is 359. The molecular weight excluding hydrogens is 216 g/mol. The van der Waals surface area contributed by atoms with Crippen molar-refractivity contribution >= 4 is 5.91 Å². The lowest BCUT2D eigenvalue weighted by atomic mass is 10.2. The van der Waals surface area contributed by atoms with Crippen LogP contribution in [0.4, 0.5) is 0 Å². The molecule has 96 valence electrons. The molecule has 0 aromatic carbocycles. The van der Waals surface area contributed by atoms with Crippen LogP contribution in [-0.2, 0) is 17.9 Å². The minimum absolute atomic E-state index is 0.173. The predicted molar refractivity (Wildman–Crippen MR) is 67.1 cm³/mol. The van der Waals surface area contributed by atoms with Crippen LogP contribution in [0, 0.1) is 11.8 Å². The molecule has 3 N–H and O–H groups in total. The van der Waals surface area contributed by atoms with Crippen molar-refractivity contribution in [1.29, 1.82) is 0 Å². The fraction of sp³-hybridized carbons (Fsp3) is 0.667. The van der Waals surface area contributed by atoms with Gasteiger partial charge in [0.15, 0.2) is 0 Å². The first kappa shape index (κ1) is 13.7. The third-order valence-electron chi connectivity index (χ3n) is 2.59. The Kier molecular flexibility index (Phi) is 5.15. The Morgan fingerprint density at radius 3 is 2.82 bits per heavy atom. The van der Waals surface area contributed by atoms with Crippen LogP contribution in [0.1, 0.15) is 26.6 Å². The number of hydrogen-bond donors (Lipinski definition) is 2. The second-order valence-electron chi connectivity index (χ2n) is 4.82. The van der Waals surface area contributed by atoms with Gasteiger partial charge in [0, 0.05) is 18.9 Å². The highest BCUT2D eigenvalue weighted by Crippen LogP contribution is 2.04. The number of hydrogen-bond acceptors (Lipinski definition) is 3. The van der Waals surface area contributed by atoms with Crippen molar-refractivity contribution in [3.63, 3.8) is 0 Å². The second-order valence-corrected chi connectivity index (χ2v) is 4.82. The largest absolute Gasteiger partial charge is 0.369 e. The van der Waals surface area contributed by atoms with Gasteiger partial charge in [-0.25, -0.2) is 4.98 Å². The molecule has 0 fully saturated rings. The average Bonchev–Trinajstić information content (AvgIpc) is 2.65. The highest BCUT2D eigenvalue weighted by molar-refractivity contribution is 5.76. The Balaban J connectivity index is 2.51. The number of nitrogens with one attached hydrogen (secondary N) is 1. The van der Waals surface area contributed by atoms with E-state index >= 15 is 0 Å². The molecule has 0 saturated heterocycles. The monoisotopic (exact) mass is 238 g/mol. The van der Waals surface area contributed by atoms with Crippen molar-refractivity contribution in [1.82, 2.24) is 14.9 Å². The first-order valence-corrected chi connectivity index (χ1v) is 6.00. The Morgan fingerprint density at radius 1 is 1.53 bits per heavy atom. The lowest BCUT2D eigenvalue weighted by Gasteiger charge is -2.12.